The van der Waals surface area contributed by atoms with Crippen molar-refractivity contribution in [2.24, 2.45) is 0 Å². The van der Waals surface area contributed by atoms with Gasteiger partial charge in [0, 0.05) is 11.4 Å². The fourth-order valence-corrected chi connectivity index (χ4v) is 4.08. The predicted octanol–water partition coefficient (Wildman–Crippen LogP) is 2.72. The Kier molecular flexibility index (Phi) is 5.31. The van der Waals surface area contributed by atoms with E-state index in [1.165, 1.54) is 22.6 Å². The lowest BCUT2D eigenvalue weighted by atomic mass is 9.93. The average Bonchev–Trinajstić information content (AvgIpc) is 3.08. The highest BCUT2D eigenvalue weighted by Crippen LogP contribution is 2.37. The lowest BCUT2D eigenvalue weighted by Gasteiger charge is -2.36. The first kappa shape index (κ1) is 17.1. The zero-order valence-corrected chi connectivity index (χ0v) is 15.0. The molecule has 0 radical (unpaired) electrons. The minimum Gasteiger partial charge on any atom is -0.336 e. The second-order valence-corrected chi connectivity index (χ2v) is 7.42. The summed E-state index contributed by atoms with van der Waals surface area (Å²) in [6, 6.07) is 8.99. The van der Waals surface area contributed by atoms with Crippen molar-refractivity contribution in [3.05, 3.63) is 57.5 Å². The molecule has 0 saturated carbocycles. The Balaban J connectivity index is 1.87. The Morgan fingerprint density at radius 2 is 2.12 bits per heavy atom. The number of halogens is 1. The number of carbonyl (C=O) groups excluding carboxylic acids is 1. The van der Waals surface area contributed by atoms with Gasteiger partial charge in [0.15, 0.2) is 6.54 Å². The average molecular weight is 347 g/mol. The van der Waals surface area contributed by atoms with Gasteiger partial charge in [0.05, 0.1) is 12.1 Å². The summed E-state index contributed by atoms with van der Waals surface area (Å²) < 4.78 is 13.3. The Labute approximate surface area is 146 Å². The third-order valence-corrected chi connectivity index (χ3v) is 5.81. The number of thiophene rings is 1. The molecule has 128 valence electrons. The van der Waals surface area contributed by atoms with E-state index in [4.69, 9.17) is 0 Å². The van der Waals surface area contributed by atoms with Crippen LogP contribution in [-0.4, -0.2) is 29.9 Å². The molecule has 1 aliphatic rings. The van der Waals surface area contributed by atoms with Crippen LogP contribution in [0.3, 0.4) is 0 Å². The Bertz CT molecular complexity index is 698. The van der Waals surface area contributed by atoms with Crippen molar-refractivity contribution in [3.63, 3.8) is 0 Å². The highest BCUT2D eigenvalue weighted by Gasteiger charge is 2.33. The summed E-state index contributed by atoms with van der Waals surface area (Å²) in [5.41, 5.74) is 2.17. The lowest BCUT2D eigenvalue weighted by molar-refractivity contribution is -0.676. The van der Waals surface area contributed by atoms with Gasteiger partial charge >= 0.3 is 0 Å². The summed E-state index contributed by atoms with van der Waals surface area (Å²) in [4.78, 5) is 16.1. The molecule has 1 amide bonds. The Morgan fingerprint density at radius 1 is 1.38 bits per heavy atom. The van der Waals surface area contributed by atoms with E-state index in [1.54, 1.807) is 23.5 Å². The van der Waals surface area contributed by atoms with Gasteiger partial charge in [-0.1, -0.05) is 19.1 Å². The van der Waals surface area contributed by atoms with Gasteiger partial charge < -0.3 is 10.2 Å². The standard InChI is InChI=1S/C19H23FN2OS/c1-3-13(2)21-12-18(23)22-10-8-17-16(9-11-24-17)19(22)14-4-6-15(20)7-5-14/h4-7,9,11,13,19,21H,3,8,10,12H2,1-2H3/p+1/t13-,19-/m1/s1. The number of fused-ring (bicyclic) bond motifs is 1. The van der Waals surface area contributed by atoms with Crippen LogP contribution in [-0.2, 0) is 11.2 Å². The molecule has 2 N–H and O–H groups in total. The number of carbonyl (C=O) groups is 1. The van der Waals surface area contributed by atoms with Crippen molar-refractivity contribution < 1.29 is 14.5 Å². The van der Waals surface area contributed by atoms with E-state index in [9.17, 15) is 9.18 Å². The fourth-order valence-electron chi connectivity index (χ4n) is 3.18. The molecule has 3 rings (SSSR count). The molecule has 0 saturated heterocycles. The number of nitrogens with zero attached hydrogens (tertiary/aromatic N) is 1. The van der Waals surface area contributed by atoms with Crippen molar-refractivity contribution in [2.75, 3.05) is 13.1 Å². The van der Waals surface area contributed by atoms with Crippen LogP contribution in [0.5, 0.6) is 0 Å². The summed E-state index contributed by atoms with van der Waals surface area (Å²) in [7, 11) is 0. The molecule has 0 spiro atoms. The van der Waals surface area contributed by atoms with Crippen molar-refractivity contribution >= 4 is 17.2 Å². The summed E-state index contributed by atoms with van der Waals surface area (Å²) in [6.07, 6.45) is 1.95. The normalized spacial score (nSPS) is 18.3. The molecule has 1 aromatic carbocycles. The van der Waals surface area contributed by atoms with E-state index < -0.39 is 0 Å². The summed E-state index contributed by atoms with van der Waals surface area (Å²) in [5.74, 6) is -0.0930. The first-order valence-electron chi connectivity index (χ1n) is 8.54. The molecule has 1 aliphatic heterocycles. The molecule has 0 unspecified atom stereocenters. The minimum absolute atomic E-state index is 0.0987. The molecule has 0 aliphatic carbocycles. The number of nitrogens with two attached hydrogens (primary N) is 1. The van der Waals surface area contributed by atoms with E-state index in [0.717, 1.165) is 24.9 Å². The molecule has 24 heavy (non-hydrogen) atoms. The molecule has 3 nitrogen and oxygen atoms in total. The van der Waals surface area contributed by atoms with Crippen LogP contribution in [0, 0.1) is 5.82 Å². The van der Waals surface area contributed by atoms with Crippen LogP contribution in [0.25, 0.3) is 0 Å². The Morgan fingerprint density at radius 3 is 2.83 bits per heavy atom. The topological polar surface area (TPSA) is 36.9 Å². The molecule has 2 aromatic rings. The summed E-state index contributed by atoms with van der Waals surface area (Å²) in [5, 5.41) is 4.19. The second kappa shape index (κ2) is 7.45. The zero-order valence-electron chi connectivity index (χ0n) is 14.2. The summed E-state index contributed by atoms with van der Waals surface area (Å²) in [6.45, 7) is 5.46. The lowest BCUT2D eigenvalue weighted by Crippen LogP contribution is -2.91. The maximum atomic E-state index is 13.3. The van der Waals surface area contributed by atoms with Gasteiger partial charge in [-0.25, -0.2) is 4.39 Å². The number of hydrogen-bond donors (Lipinski definition) is 1. The number of benzene rings is 1. The molecule has 2 atom stereocenters. The van der Waals surface area contributed by atoms with E-state index in [-0.39, 0.29) is 17.8 Å². The van der Waals surface area contributed by atoms with Gasteiger partial charge in [-0.2, -0.15) is 0 Å². The van der Waals surface area contributed by atoms with E-state index in [2.05, 4.69) is 30.6 Å². The van der Waals surface area contributed by atoms with Gasteiger partial charge in [0.2, 0.25) is 0 Å². The number of hydrogen-bond acceptors (Lipinski definition) is 2. The largest absolute Gasteiger partial charge is 0.336 e. The third-order valence-electron chi connectivity index (χ3n) is 4.81. The molecule has 0 bridgehead atoms. The van der Waals surface area contributed by atoms with E-state index in [0.29, 0.717) is 12.6 Å². The maximum absolute atomic E-state index is 13.3. The van der Waals surface area contributed by atoms with Gasteiger partial charge in [-0.05, 0) is 54.5 Å². The van der Waals surface area contributed by atoms with Crippen LogP contribution in [0.1, 0.15) is 42.3 Å². The van der Waals surface area contributed by atoms with Gasteiger partial charge in [0.1, 0.15) is 5.82 Å². The third kappa shape index (κ3) is 3.52. The van der Waals surface area contributed by atoms with E-state index >= 15 is 0 Å². The van der Waals surface area contributed by atoms with Crippen molar-refractivity contribution in [3.8, 4) is 0 Å². The monoisotopic (exact) mass is 347 g/mol. The van der Waals surface area contributed by atoms with Crippen molar-refractivity contribution in [2.45, 2.75) is 38.8 Å². The minimum atomic E-state index is -0.247. The van der Waals surface area contributed by atoms with Crippen LogP contribution in [0.4, 0.5) is 4.39 Å². The van der Waals surface area contributed by atoms with Gasteiger partial charge in [-0.15, -0.1) is 11.3 Å². The first-order valence-corrected chi connectivity index (χ1v) is 9.42. The van der Waals surface area contributed by atoms with Gasteiger partial charge in [-0.3, -0.25) is 4.79 Å². The highest BCUT2D eigenvalue weighted by molar-refractivity contribution is 7.10. The molecular formula is C19H24FN2OS+. The molecule has 1 aromatic heterocycles. The predicted molar refractivity (Wildman–Crippen MR) is 94.5 cm³/mol. The smallest absolute Gasteiger partial charge is 0.278 e. The molecular weight excluding hydrogens is 323 g/mol. The molecule has 0 fully saturated rings. The van der Waals surface area contributed by atoms with Crippen LogP contribution in [0.15, 0.2) is 35.7 Å². The van der Waals surface area contributed by atoms with Crippen LogP contribution in [0.2, 0.25) is 0 Å². The first-order chi connectivity index (χ1) is 11.6. The number of amides is 1. The number of quaternary nitrogens is 1. The summed E-state index contributed by atoms with van der Waals surface area (Å²) >= 11 is 1.74. The van der Waals surface area contributed by atoms with Crippen LogP contribution < -0.4 is 5.32 Å². The molecule has 2 heterocycles. The van der Waals surface area contributed by atoms with E-state index in [1.807, 2.05) is 4.90 Å². The maximum Gasteiger partial charge on any atom is 0.278 e. The fraction of sp³-hybridized carbons (Fsp3) is 0.421. The SMILES string of the molecule is CC[C@@H](C)[NH2+]CC(=O)N1CCc2sccc2[C@H]1c1ccc(F)cc1. The van der Waals surface area contributed by atoms with Crippen molar-refractivity contribution in [1.29, 1.82) is 0 Å². The molecule has 5 heteroatoms. The quantitative estimate of drug-likeness (QED) is 0.887. The highest BCUT2D eigenvalue weighted by atomic mass is 32.1. The van der Waals surface area contributed by atoms with Crippen molar-refractivity contribution in [1.82, 2.24) is 4.90 Å². The number of rotatable bonds is 5. The van der Waals surface area contributed by atoms with Gasteiger partial charge in [0.25, 0.3) is 5.91 Å². The van der Waals surface area contributed by atoms with Crippen LogP contribution >= 0.6 is 11.3 Å². The Hall–Kier alpha value is -1.72. The second-order valence-electron chi connectivity index (χ2n) is 6.42. The zero-order chi connectivity index (χ0) is 17.1.